The Morgan fingerprint density at radius 2 is 1.97 bits per heavy atom. The lowest BCUT2D eigenvalue weighted by atomic mass is 10.1. The highest BCUT2D eigenvalue weighted by Crippen LogP contribution is 2.39. The molecule has 31 heavy (non-hydrogen) atoms. The Labute approximate surface area is 185 Å². The van der Waals surface area contributed by atoms with Gasteiger partial charge in [0.1, 0.15) is 11.8 Å². The number of ether oxygens (including phenoxy) is 1. The molecule has 0 saturated carbocycles. The molecular weight excluding hydrogens is 406 g/mol. The first-order valence-electron chi connectivity index (χ1n) is 10.2. The lowest BCUT2D eigenvalue weighted by Crippen LogP contribution is -2.37. The molecular formula is C25H23N3O2S. The third kappa shape index (κ3) is 3.49. The number of urea groups is 1. The van der Waals surface area contributed by atoms with Gasteiger partial charge in [0.2, 0.25) is 0 Å². The maximum atomic E-state index is 13.7. The van der Waals surface area contributed by atoms with E-state index in [1.165, 1.54) is 0 Å². The summed E-state index contributed by atoms with van der Waals surface area (Å²) in [5, 5.41) is 5.16. The van der Waals surface area contributed by atoms with Gasteiger partial charge in [0, 0.05) is 11.1 Å². The number of aromatic nitrogens is 1. The number of amides is 2. The molecule has 0 aliphatic carbocycles. The minimum Gasteiger partial charge on any atom is -0.495 e. The molecule has 0 saturated heterocycles. The third-order valence-electron chi connectivity index (χ3n) is 5.63. The summed E-state index contributed by atoms with van der Waals surface area (Å²) in [7, 11) is 1.61. The zero-order chi connectivity index (χ0) is 21.4. The van der Waals surface area contributed by atoms with Crippen LogP contribution in [0, 0.1) is 6.92 Å². The second kappa shape index (κ2) is 7.96. The molecule has 156 valence electrons. The van der Waals surface area contributed by atoms with Gasteiger partial charge in [-0.25, -0.2) is 4.79 Å². The van der Waals surface area contributed by atoms with Gasteiger partial charge in [-0.1, -0.05) is 30.3 Å². The summed E-state index contributed by atoms with van der Waals surface area (Å²) in [5.74, 6) is 0.644. The maximum absolute atomic E-state index is 13.7. The van der Waals surface area contributed by atoms with Crippen LogP contribution in [0.25, 0.3) is 5.69 Å². The van der Waals surface area contributed by atoms with E-state index < -0.39 is 0 Å². The minimum absolute atomic E-state index is 0.160. The number of carbonyl (C=O) groups is 1. The topological polar surface area (TPSA) is 46.5 Å². The summed E-state index contributed by atoms with van der Waals surface area (Å²) in [6.07, 6.45) is 2.07. The predicted octanol–water partition coefficient (Wildman–Crippen LogP) is 5.99. The number of benzene rings is 2. The van der Waals surface area contributed by atoms with Gasteiger partial charge in [0.05, 0.1) is 30.7 Å². The highest BCUT2D eigenvalue weighted by molar-refractivity contribution is 7.10. The molecule has 0 spiro atoms. The van der Waals surface area contributed by atoms with Crippen molar-refractivity contribution in [1.29, 1.82) is 0 Å². The van der Waals surface area contributed by atoms with E-state index in [4.69, 9.17) is 4.74 Å². The summed E-state index contributed by atoms with van der Waals surface area (Å²) in [5.41, 5.74) is 5.00. The molecule has 0 radical (unpaired) electrons. The van der Waals surface area contributed by atoms with Gasteiger partial charge in [0.15, 0.2) is 0 Å². The summed E-state index contributed by atoms with van der Waals surface area (Å²) in [4.78, 5) is 16.7. The smallest absolute Gasteiger partial charge is 0.323 e. The fourth-order valence-corrected chi connectivity index (χ4v) is 5.04. The lowest BCUT2D eigenvalue weighted by molar-refractivity contribution is 0.195. The molecule has 2 aromatic carbocycles. The van der Waals surface area contributed by atoms with Crippen molar-refractivity contribution in [3.63, 3.8) is 0 Å². The summed E-state index contributed by atoms with van der Waals surface area (Å²) in [6.45, 7) is 2.50. The van der Waals surface area contributed by atoms with Crippen molar-refractivity contribution in [2.45, 2.75) is 19.5 Å². The van der Waals surface area contributed by atoms with Crippen molar-refractivity contribution in [3.8, 4) is 11.4 Å². The number of nitrogens with one attached hydrogen (secondary N) is 1. The van der Waals surface area contributed by atoms with E-state index in [2.05, 4.69) is 45.7 Å². The van der Waals surface area contributed by atoms with Gasteiger partial charge in [0.25, 0.3) is 0 Å². The number of hydrogen-bond donors (Lipinski definition) is 1. The monoisotopic (exact) mass is 429 g/mol. The first-order valence-corrected chi connectivity index (χ1v) is 11.0. The average molecular weight is 430 g/mol. The Kier molecular flexibility index (Phi) is 5.00. The summed E-state index contributed by atoms with van der Waals surface area (Å²) >= 11 is 1.66. The number of methoxy groups -OCH3 is 1. The second-order valence-electron chi connectivity index (χ2n) is 7.61. The Morgan fingerprint density at radius 3 is 2.77 bits per heavy atom. The Balaban J connectivity index is 1.61. The standard InChI is InChI=1S/C25H23N3O2S/c1-17-11-12-22(30-2)19(15-17)26-25(29)28-16-18-7-3-4-8-20(18)27-13-5-9-21(27)24(28)23-10-6-14-31-23/h3-15,24H,16H2,1-2H3,(H,26,29)/t24-/m0/s1. The van der Waals surface area contributed by atoms with Crippen LogP contribution in [0.3, 0.4) is 0 Å². The number of carbonyl (C=O) groups excluding carboxylic acids is 1. The predicted molar refractivity (Wildman–Crippen MR) is 124 cm³/mol. The third-order valence-corrected chi connectivity index (χ3v) is 6.56. The summed E-state index contributed by atoms with van der Waals surface area (Å²) < 4.78 is 7.67. The van der Waals surface area contributed by atoms with E-state index in [0.29, 0.717) is 18.0 Å². The van der Waals surface area contributed by atoms with Crippen LogP contribution in [0.2, 0.25) is 0 Å². The van der Waals surface area contributed by atoms with Gasteiger partial charge in [-0.05, 0) is 59.8 Å². The van der Waals surface area contributed by atoms with Crippen molar-refractivity contribution >= 4 is 23.1 Å². The molecule has 1 aliphatic heterocycles. The molecule has 1 atom stereocenters. The van der Waals surface area contributed by atoms with Gasteiger partial charge >= 0.3 is 6.03 Å². The fraction of sp³-hybridized carbons (Fsp3) is 0.160. The van der Waals surface area contributed by atoms with Crippen molar-refractivity contribution in [1.82, 2.24) is 9.47 Å². The molecule has 4 aromatic rings. The highest BCUT2D eigenvalue weighted by Gasteiger charge is 2.33. The minimum atomic E-state index is -0.196. The number of aryl methyl sites for hydroxylation is 1. The normalized spacial score (nSPS) is 15.0. The number of fused-ring (bicyclic) bond motifs is 3. The molecule has 2 amide bonds. The van der Waals surface area contributed by atoms with Gasteiger partial charge in [-0.15, -0.1) is 11.3 Å². The number of anilines is 1. The second-order valence-corrected chi connectivity index (χ2v) is 8.59. The molecule has 6 heteroatoms. The van der Waals surface area contributed by atoms with Crippen LogP contribution in [-0.2, 0) is 6.54 Å². The molecule has 2 aromatic heterocycles. The average Bonchev–Trinajstić information content (AvgIpc) is 3.45. The molecule has 1 N–H and O–H groups in total. The van der Waals surface area contributed by atoms with Crippen LogP contribution in [0.5, 0.6) is 5.75 Å². The van der Waals surface area contributed by atoms with Crippen molar-refractivity contribution in [2.75, 3.05) is 12.4 Å². The van der Waals surface area contributed by atoms with Crippen LogP contribution in [0.4, 0.5) is 10.5 Å². The van der Waals surface area contributed by atoms with Crippen LogP contribution in [0.1, 0.15) is 27.7 Å². The largest absolute Gasteiger partial charge is 0.495 e. The Hall–Kier alpha value is -3.51. The molecule has 5 nitrogen and oxygen atoms in total. The van der Waals surface area contributed by atoms with E-state index in [9.17, 15) is 4.79 Å². The van der Waals surface area contributed by atoms with E-state index in [-0.39, 0.29) is 12.1 Å². The number of para-hydroxylation sites is 1. The summed E-state index contributed by atoms with van der Waals surface area (Å²) in [6, 6.07) is 21.9. The fourth-order valence-electron chi connectivity index (χ4n) is 4.19. The van der Waals surface area contributed by atoms with E-state index in [0.717, 1.165) is 27.4 Å². The van der Waals surface area contributed by atoms with Crippen molar-refractivity contribution < 1.29 is 9.53 Å². The molecule has 0 bridgehead atoms. The van der Waals surface area contributed by atoms with Gasteiger partial charge in [-0.3, -0.25) is 0 Å². The highest BCUT2D eigenvalue weighted by atomic mass is 32.1. The SMILES string of the molecule is COc1ccc(C)cc1NC(=O)N1Cc2ccccc2-n2cccc2[C@H]1c1cccs1. The zero-order valence-corrected chi connectivity index (χ0v) is 18.2. The van der Waals surface area contributed by atoms with E-state index >= 15 is 0 Å². The number of nitrogens with zero attached hydrogens (tertiary/aromatic N) is 2. The van der Waals surface area contributed by atoms with E-state index in [1.54, 1.807) is 18.4 Å². The quantitative estimate of drug-likeness (QED) is 0.435. The molecule has 0 unspecified atom stereocenters. The van der Waals surface area contributed by atoms with Gasteiger partial charge < -0.3 is 19.5 Å². The molecule has 1 aliphatic rings. The number of thiophene rings is 1. The van der Waals surface area contributed by atoms with Crippen LogP contribution >= 0.6 is 11.3 Å². The first kappa shape index (κ1) is 19.5. The zero-order valence-electron chi connectivity index (χ0n) is 17.4. The number of hydrogen-bond acceptors (Lipinski definition) is 3. The molecule has 3 heterocycles. The van der Waals surface area contributed by atoms with Crippen molar-refractivity contribution in [2.24, 2.45) is 0 Å². The maximum Gasteiger partial charge on any atom is 0.323 e. The Bertz CT molecular complexity index is 1230. The number of rotatable bonds is 3. The lowest BCUT2D eigenvalue weighted by Gasteiger charge is -2.30. The van der Waals surface area contributed by atoms with Crippen molar-refractivity contribution in [3.05, 3.63) is 100 Å². The van der Waals surface area contributed by atoms with E-state index in [1.807, 2.05) is 54.3 Å². The molecule has 0 fully saturated rings. The van der Waals surface area contributed by atoms with Crippen LogP contribution < -0.4 is 10.1 Å². The molecule has 5 rings (SSSR count). The van der Waals surface area contributed by atoms with Crippen LogP contribution in [-0.4, -0.2) is 22.6 Å². The van der Waals surface area contributed by atoms with Crippen LogP contribution in [0.15, 0.2) is 78.3 Å². The Morgan fingerprint density at radius 1 is 1.10 bits per heavy atom. The van der Waals surface area contributed by atoms with Gasteiger partial charge in [-0.2, -0.15) is 0 Å². The first-order chi connectivity index (χ1) is 15.2.